The van der Waals surface area contributed by atoms with Gasteiger partial charge in [0.05, 0.1) is 14.2 Å². The van der Waals surface area contributed by atoms with Crippen LogP contribution in [0.4, 0.5) is 5.69 Å². The lowest BCUT2D eigenvalue weighted by Crippen LogP contribution is -2.26. The molecule has 5 nitrogen and oxygen atoms in total. The first kappa shape index (κ1) is 15.7. The minimum Gasteiger partial charge on any atom is -0.496 e. The lowest BCUT2D eigenvalue weighted by molar-refractivity contribution is 0.0948. The van der Waals surface area contributed by atoms with Gasteiger partial charge in [-0.2, -0.15) is 0 Å². The van der Waals surface area contributed by atoms with Gasteiger partial charge in [0.1, 0.15) is 17.1 Å². The Morgan fingerprint density at radius 1 is 1.05 bits per heavy atom. The van der Waals surface area contributed by atoms with Crippen molar-refractivity contribution >= 4 is 11.6 Å². The predicted octanol–water partition coefficient (Wildman–Crippen LogP) is 2.26. The maximum atomic E-state index is 12.4. The zero-order valence-corrected chi connectivity index (χ0v) is 12.8. The average molecular weight is 300 g/mol. The molecule has 0 radical (unpaired) electrons. The highest BCUT2D eigenvalue weighted by molar-refractivity contribution is 5.99. The fourth-order valence-corrected chi connectivity index (χ4v) is 2.17. The molecule has 0 aromatic heterocycles. The number of ether oxygens (including phenoxy) is 2. The molecule has 0 aliphatic carbocycles. The van der Waals surface area contributed by atoms with E-state index in [9.17, 15) is 4.79 Å². The van der Waals surface area contributed by atoms with E-state index in [-0.39, 0.29) is 5.91 Å². The summed E-state index contributed by atoms with van der Waals surface area (Å²) in [4.78, 5) is 12.4. The molecule has 3 N–H and O–H groups in total. The van der Waals surface area contributed by atoms with E-state index in [1.54, 1.807) is 18.2 Å². The first-order chi connectivity index (χ1) is 10.7. The van der Waals surface area contributed by atoms with Crippen LogP contribution in [0, 0.1) is 0 Å². The van der Waals surface area contributed by atoms with Crippen LogP contribution in [0.15, 0.2) is 42.5 Å². The highest BCUT2D eigenvalue weighted by Gasteiger charge is 2.17. The van der Waals surface area contributed by atoms with Crippen LogP contribution in [0.5, 0.6) is 11.5 Å². The number of methoxy groups -OCH3 is 2. The molecule has 116 valence electrons. The van der Waals surface area contributed by atoms with E-state index in [4.69, 9.17) is 15.2 Å². The smallest absolute Gasteiger partial charge is 0.258 e. The zero-order chi connectivity index (χ0) is 15.9. The fourth-order valence-electron chi connectivity index (χ4n) is 2.17. The Hall–Kier alpha value is -2.69. The predicted molar refractivity (Wildman–Crippen MR) is 86.4 cm³/mol. The number of rotatable bonds is 6. The van der Waals surface area contributed by atoms with Gasteiger partial charge in [-0.05, 0) is 36.2 Å². The molecule has 2 rings (SSSR count). The van der Waals surface area contributed by atoms with E-state index in [0.29, 0.717) is 23.6 Å². The van der Waals surface area contributed by atoms with Crippen LogP contribution in [0.1, 0.15) is 15.9 Å². The molecule has 0 unspecified atom stereocenters. The fraction of sp³-hybridized carbons (Fsp3) is 0.235. The summed E-state index contributed by atoms with van der Waals surface area (Å²) < 4.78 is 10.5. The number of amides is 1. The minimum atomic E-state index is -0.218. The SMILES string of the molecule is COc1cccc(OC)c1C(=O)NCCc1ccc(N)cc1. The summed E-state index contributed by atoms with van der Waals surface area (Å²) in [6.07, 6.45) is 0.726. The second-order valence-corrected chi connectivity index (χ2v) is 4.79. The first-order valence-electron chi connectivity index (χ1n) is 6.99. The number of nitrogen functional groups attached to an aromatic ring is 1. The van der Waals surface area contributed by atoms with Crippen LogP contribution in [0.25, 0.3) is 0 Å². The minimum absolute atomic E-state index is 0.218. The van der Waals surface area contributed by atoms with Crippen molar-refractivity contribution in [3.8, 4) is 11.5 Å². The molecule has 0 saturated heterocycles. The maximum absolute atomic E-state index is 12.4. The number of carbonyl (C=O) groups excluding carboxylic acids is 1. The normalized spacial score (nSPS) is 10.1. The topological polar surface area (TPSA) is 73.6 Å². The number of carbonyl (C=O) groups is 1. The Morgan fingerprint density at radius 3 is 2.18 bits per heavy atom. The lowest BCUT2D eigenvalue weighted by Gasteiger charge is -2.13. The van der Waals surface area contributed by atoms with E-state index in [1.165, 1.54) is 14.2 Å². The molecule has 1 amide bonds. The second-order valence-electron chi connectivity index (χ2n) is 4.79. The van der Waals surface area contributed by atoms with Crippen molar-refractivity contribution in [2.45, 2.75) is 6.42 Å². The average Bonchev–Trinajstić information content (AvgIpc) is 2.55. The number of nitrogens with two attached hydrogens (primary N) is 1. The Balaban J connectivity index is 2.02. The highest BCUT2D eigenvalue weighted by Crippen LogP contribution is 2.27. The number of hydrogen-bond acceptors (Lipinski definition) is 4. The van der Waals surface area contributed by atoms with Crippen molar-refractivity contribution in [2.75, 3.05) is 26.5 Å². The maximum Gasteiger partial charge on any atom is 0.258 e. The van der Waals surface area contributed by atoms with Crippen LogP contribution < -0.4 is 20.5 Å². The van der Waals surface area contributed by atoms with Crippen molar-refractivity contribution in [3.63, 3.8) is 0 Å². The summed E-state index contributed by atoms with van der Waals surface area (Å²) in [5.41, 5.74) is 7.89. The standard InChI is InChI=1S/C17H20N2O3/c1-21-14-4-3-5-15(22-2)16(14)17(20)19-11-10-12-6-8-13(18)9-7-12/h3-9H,10-11,18H2,1-2H3,(H,19,20). The second kappa shape index (κ2) is 7.36. The van der Waals surface area contributed by atoms with Gasteiger partial charge in [0.2, 0.25) is 0 Å². The summed E-state index contributed by atoms with van der Waals surface area (Å²) in [5.74, 6) is 0.762. The largest absolute Gasteiger partial charge is 0.496 e. The van der Waals surface area contributed by atoms with Crippen LogP contribution in [-0.4, -0.2) is 26.7 Å². The lowest BCUT2D eigenvalue weighted by atomic mass is 10.1. The molecule has 0 heterocycles. The van der Waals surface area contributed by atoms with Gasteiger partial charge in [-0.1, -0.05) is 18.2 Å². The zero-order valence-electron chi connectivity index (χ0n) is 12.8. The molecule has 2 aromatic carbocycles. The van der Waals surface area contributed by atoms with Crippen LogP contribution in [-0.2, 0) is 6.42 Å². The molecular weight excluding hydrogens is 280 g/mol. The van der Waals surface area contributed by atoms with Gasteiger partial charge in [-0.3, -0.25) is 4.79 Å². The van der Waals surface area contributed by atoms with E-state index < -0.39 is 0 Å². The van der Waals surface area contributed by atoms with Gasteiger partial charge >= 0.3 is 0 Å². The van der Waals surface area contributed by atoms with E-state index in [1.807, 2.05) is 24.3 Å². The summed E-state index contributed by atoms with van der Waals surface area (Å²) >= 11 is 0. The van der Waals surface area contributed by atoms with E-state index in [2.05, 4.69) is 5.32 Å². The Bertz CT molecular complexity index is 617. The van der Waals surface area contributed by atoms with Crippen molar-refractivity contribution in [3.05, 3.63) is 53.6 Å². The van der Waals surface area contributed by atoms with Crippen molar-refractivity contribution < 1.29 is 14.3 Å². The first-order valence-corrected chi connectivity index (χ1v) is 6.99. The Labute approximate surface area is 130 Å². The molecule has 0 spiro atoms. The van der Waals surface area contributed by atoms with Crippen molar-refractivity contribution in [1.29, 1.82) is 0 Å². The molecule has 0 aliphatic rings. The van der Waals surface area contributed by atoms with Crippen LogP contribution >= 0.6 is 0 Å². The summed E-state index contributed by atoms with van der Waals surface area (Å²) in [7, 11) is 3.06. The monoisotopic (exact) mass is 300 g/mol. The van der Waals surface area contributed by atoms with Gasteiger partial charge in [0.25, 0.3) is 5.91 Å². The van der Waals surface area contributed by atoms with Crippen LogP contribution in [0.3, 0.4) is 0 Å². The molecular formula is C17H20N2O3. The molecule has 0 bridgehead atoms. The van der Waals surface area contributed by atoms with Crippen molar-refractivity contribution in [2.24, 2.45) is 0 Å². The molecule has 22 heavy (non-hydrogen) atoms. The quantitative estimate of drug-likeness (QED) is 0.803. The van der Waals surface area contributed by atoms with Gasteiger partial charge in [0, 0.05) is 12.2 Å². The molecule has 5 heteroatoms. The van der Waals surface area contributed by atoms with Gasteiger partial charge in [-0.15, -0.1) is 0 Å². The molecule has 0 aliphatic heterocycles. The molecule has 0 atom stereocenters. The van der Waals surface area contributed by atoms with Crippen molar-refractivity contribution in [1.82, 2.24) is 5.32 Å². The van der Waals surface area contributed by atoms with Gasteiger partial charge in [0.15, 0.2) is 0 Å². The number of nitrogens with one attached hydrogen (secondary N) is 1. The summed E-state index contributed by atoms with van der Waals surface area (Å²) in [6.45, 7) is 0.518. The van der Waals surface area contributed by atoms with Gasteiger partial charge < -0.3 is 20.5 Å². The summed E-state index contributed by atoms with van der Waals surface area (Å²) in [6, 6.07) is 12.8. The molecule has 2 aromatic rings. The van der Waals surface area contributed by atoms with E-state index >= 15 is 0 Å². The number of anilines is 1. The third-order valence-electron chi connectivity index (χ3n) is 3.33. The Morgan fingerprint density at radius 2 is 1.64 bits per heavy atom. The third-order valence-corrected chi connectivity index (χ3v) is 3.33. The third kappa shape index (κ3) is 3.69. The number of hydrogen-bond donors (Lipinski definition) is 2. The highest BCUT2D eigenvalue weighted by atomic mass is 16.5. The van der Waals surface area contributed by atoms with E-state index in [0.717, 1.165) is 17.7 Å². The molecule has 0 saturated carbocycles. The Kier molecular flexibility index (Phi) is 5.25. The molecule has 0 fully saturated rings. The van der Waals surface area contributed by atoms with Gasteiger partial charge in [-0.25, -0.2) is 0 Å². The number of benzene rings is 2. The van der Waals surface area contributed by atoms with Crippen LogP contribution in [0.2, 0.25) is 0 Å². The summed E-state index contributed by atoms with van der Waals surface area (Å²) in [5, 5.41) is 2.88.